The van der Waals surface area contributed by atoms with E-state index in [1.807, 2.05) is 68.4 Å². The van der Waals surface area contributed by atoms with E-state index in [1.54, 1.807) is 18.0 Å². The number of aryl methyl sites for hydroxylation is 1. The van der Waals surface area contributed by atoms with Crippen LogP contribution >= 0.6 is 0 Å². The minimum Gasteiger partial charge on any atom is -0.452 e. The van der Waals surface area contributed by atoms with E-state index in [4.69, 9.17) is 4.74 Å². The highest BCUT2D eigenvalue weighted by molar-refractivity contribution is 5.89. The molecule has 0 spiro atoms. The number of amides is 1. The predicted molar refractivity (Wildman–Crippen MR) is 98.8 cm³/mol. The average Bonchev–Trinajstić information content (AvgIpc) is 2.64. The number of nitrogens with zero attached hydrogens (tertiary/aromatic N) is 1. The van der Waals surface area contributed by atoms with Crippen molar-refractivity contribution in [2.24, 2.45) is 0 Å². The van der Waals surface area contributed by atoms with E-state index in [2.05, 4.69) is 0 Å². The maximum absolute atomic E-state index is 12.2. The van der Waals surface area contributed by atoms with Gasteiger partial charge >= 0.3 is 5.97 Å². The van der Waals surface area contributed by atoms with Gasteiger partial charge in [0.1, 0.15) is 0 Å². The van der Waals surface area contributed by atoms with E-state index in [-0.39, 0.29) is 18.6 Å². The Morgan fingerprint density at radius 1 is 1.12 bits per heavy atom. The number of hydrogen-bond donors (Lipinski definition) is 0. The Kier molecular flexibility index (Phi) is 6.52. The van der Waals surface area contributed by atoms with Gasteiger partial charge in [0.05, 0.1) is 6.04 Å². The Morgan fingerprint density at radius 2 is 1.84 bits per heavy atom. The standard InChI is InChI=1S/C21H23NO3/c1-16-8-7-9-18(14-16)12-13-21(24)25-15-20(23)22(3)17(2)19-10-5-4-6-11-19/h4-14,17H,15H2,1-3H3/b13-12+/t17-/m1/s1. The van der Waals surface area contributed by atoms with Crippen molar-refractivity contribution in [1.29, 1.82) is 0 Å². The molecule has 0 aromatic heterocycles. The first kappa shape index (κ1) is 18.5. The molecule has 0 unspecified atom stereocenters. The Balaban J connectivity index is 1.85. The van der Waals surface area contributed by atoms with Crippen LogP contribution < -0.4 is 0 Å². The monoisotopic (exact) mass is 337 g/mol. The van der Waals surface area contributed by atoms with Crippen molar-refractivity contribution < 1.29 is 14.3 Å². The van der Waals surface area contributed by atoms with E-state index < -0.39 is 5.97 Å². The second kappa shape index (κ2) is 8.83. The van der Waals surface area contributed by atoms with E-state index in [0.29, 0.717) is 0 Å². The van der Waals surface area contributed by atoms with Crippen LogP contribution in [0, 0.1) is 6.92 Å². The maximum atomic E-state index is 12.2. The smallest absolute Gasteiger partial charge is 0.331 e. The van der Waals surface area contributed by atoms with Crippen LogP contribution in [0.5, 0.6) is 0 Å². The fourth-order valence-corrected chi connectivity index (χ4v) is 2.39. The van der Waals surface area contributed by atoms with Gasteiger partial charge in [0.25, 0.3) is 5.91 Å². The van der Waals surface area contributed by atoms with Gasteiger partial charge in [0.15, 0.2) is 6.61 Å². The first-order chi connectivity index (χ1) is 12.0. The summed E-state index contributed by atoms with van der Waals surface area (Å²) in [5.74, 6) is -0.774. The molecule has 2 aromatic carbocycles. The lowest BCUT2D eigenvalue weighted by Gasteiger charge is -2.25. The molecule has 1 atom stereocenters. The van der Waals surface area contributed by atoms with Gasteiger partial charge in [0.2, 0.25) is 0 Å². The van der Waals surface area contributed by atoms with Crippen LogP contribution in [-0.2, 0) is 14.3 Å². The van der Waals surface area contributed by atoms with Crippen LogP contribution in [0.3, 0.4) is 0 Å². The second-order valence-electron chi connectivity index (χ2n) is 5.95. The van der Waals surface area contributed by atoms with Gasteiger partial charge in [-0.1, -0.05) is 60.2 Å². The highest BCUT2D eigenvalue weighted by Gasteiger charge is 2.18. The van der Waals surface area contributed by atoms with E-state index in [9.17, 15) is 9.59 Å². The van der Waals surface area contributed by atoms with Crippen molar-refractivity contribution in [2.45, 2.75) is 19.9 Å². The van der Waals surface area contributed by atoms with Crippen molar-refractivity contribution in [2.75, 3.05) is 13.7 Å². The summed E-state index contributed by atoms with van der Waals surface area (Å²) in [6.07, 6.45) is 3.01. The Hall–Kier alpha value is -2.88. The molecule has 130 valence electrons. The van der Waals surface area contributed by atoms with Crippen molar-refractivity contribution in [3.8, 4) is 0 Å². The second-order valence-corrected chi connectivity index (χ2v) is 5.95. The van der Waals surface area contributed by atoms with Crippen LogP contribution in [-0.4, -0.2) is 30.4 Å². The van der Waals surface area contributed by atoms with Crippen LogP contribution in [0.1, 0.15) is 29.7 Å². The van der Waals surface area contributed by atoms with Crippen LogP contribution in [0.4, 0.5) is 0 Å². The zero-order valence-corrected chi connectivity index (χ0v) is 14.8. The summed E-state index contributed by atoms with van der Waals surface area (Å²) in [5, 5.41) is 0. The van der Waals surface area contributed by atoms with Gasteiger partial charge in [-0.3, -0.25) is 4.79 Å². The molecule has 0 heterocycles. The molecule has 0 bridgehead atoms. The Bertz CT molecular complexity index is 753. The number of likely N-dealkylation sites (N-methyl/N-ethyl adjacent to an activating group) is 1. The van der Waals surface area contributed by atoms with E-state index in [0.717, 1.165) is 16.7 Å². The molecule has 0 saturated heterocycles. The number of ether oxygens (including phenoxy) is 1. The molecule has 0 saturated carbocycles. The molecular formula is C21H23NO3. The van der Waals surface area contributed by atoms with E-state index >= 15 is 0 Å². The van der Waals surface area contributed by atoms with Crippen LogP contribution in [0.25, 0.3) is 6.08 Å². The molecule has 2 aromatic rings. The predicted octanol–water partition coefficient (Wildman–Crippen LogP) is 3.77. The number of esters is 1. The van der Waals surface area contributed by atoms with Crippen molar-refractivity contribution in [3.63, 3.8) is 0 Å². The number of benzene rings is 2. The summed E-state index contributed by atoms with van der Waals surface area (Å²) < 4.78 is 5.05. The molecule has 0 radical (unpaired) electrons. The SMILES string of the molecule is Cc1cccc(/C=C/C(=O)OCC(=O)N(C)[C@H](C)c2ccccc2)c1. The minimum absolute atomic E-state index is 0.0877. The van der Waals surface area contributed by atoms with Crippen molar-refractivity contribution in [1.82, 2.24) is 4.90 Å². The van der Waals surface area contributed by atoms with Gasteiger partial charge in [-0.05, 0) is 31.1 Å². The average molecular weight is 337 g/mol. The molecule has 4 nitrogen and oxygen atoms in total. The van der Waals surface area contributed by atoms with Crippen LogP contribution in [0.2, 0.25) is 0 Å². The quantitative estimate of drug-likeness (QED) is 0.595. The largest absolute Gasteiger partial charge is 0.452 e. The molecule has 0 N–H and O–H groups in total. The third-order valence-electron chi connectivity index (χ3n) is 4.05. The molecule has 0 aliphatic rings. The lowest BCUT2D eigenvalue weighted by molar-refractivity contribution is -0.148. The molecular weight excluding hydrogens is 314 g/mol. The Morgan fingerprint density at radius 3 is 2.52 bits per heavy atom. The molecule has 4 heteroatoms. The zero-order chi connectivity index (χ0) is 18.2. The molecule has 0 fully saturated rings. The topological polar surface area (TPSA) is 46.6 Å². The first-order valence-corrected chi connectivity index (χ1v) is 8.19. The minimum atomic E-state index is -0.532. The normalized spacial score (nSPS) is 12.0. The third kappa shape index (κ3) is 5.60. The molecule has 25 heavy (non-hydrogen) atoms. The first-order valence-electron chi connectivity index (χ1n) is 8.19. The van der Waals surface area contributed by atoms with Gasteiger partial charge in [0, 0.05) is 13.1 Å². The summed E-state index contributed by atoms with van der Waals surface area (Å²) in [4.78, 5) is 25.6. The van der Waals surface area contributed by atoms with Crippen molar-refractivity contribution in [3.05, 3.63) is 77.4 Å². The van der Waals surface area contributed by atoms with Gasteiger partial charge < -0.3 is 9.64 Å². The number of rotatable bonds is 6. The maximum Gasteiger partial charge on any atom is 0.331 e. The van der Waals surface area contributed by atoms with Gasteiger partial charge in [-0.2, -0.15) is 0 Å². The van der Waals surface area contributed by atoms with Gasteiger partial charge in [-0.15, -0.1) is 0 Å². The summed E-state index contributed by atoms with van der Waals surface area (Å²) in [7, 11) is 1.70. The summed E-state index contributed by atoms with van der Waals surface area (Å²) in [6.45, 7) is 3.65. The molecule has 0 aliphatic heterocycles. The summed E-state index contributed by atoms with van der Waals surface area (Å²) in [6, 6.07) is 17.4. The fourth-order valence-electron chi connectivity index (χ4n) is 2.39. The molecule has 1 amide bonds. The molecule has 2 rings (SSSR count). The van der Waals surface area contributed by atoms with Crippen LogP contribution in [0.15, 0.2) is 60.7 Å². The lowest BCUT2D eigenvalue weighted by atomic mass is 10.1. The highest BCUT2D eigenvalue weighted by atomic mass is 16.5. The van der Waals surface area contributed by atoms with Gasteiger partial charge in [-0.25, -0.2) is 4.79 Å². The number of hydrogen-bond acceptors (Lipinski definition) is 3. The third-order valence-corrected chi connectivity index (χ3v) is 4.05. The van der Waals surface area contributed by atoms with E-state index in [1.165, 1.54) is 6.08 Å². The summed E-state index contributed by atoms with van der Waals surface area (Å²) in [5.41, 5.74) is 3.06. The Labute approximate surface area is 148 Å². The fraction of sp³-hybridized carbons (Fsp3) is 0.238. The molecule has 0 aliphatic carbocycles. The highest BCUT2D eigenvalue weighted by Crippen LogP contribution is 2.18. The zero-order valence-electron chi connectivity index (χ0n) is 14.8. The number of carbonyl (C=O) groups excluding carboxylic acids is 2. The number of carbonyl (C=O) groups is 2. The van der Waals surface area contributed by atoms with Crippen molar-refractivity contribution >= 4 is 18.0 Å². The lowest BCUT2D eigenvalue weighted by Crippen LogP contribution is -2.33. The summed E-state index contributed by atoms with van der Waals surface area (Å²) >= 11 is 0.